The minimum absolute atomic E-state index is 0.212. The Labute approximate surface area is 109 Å². The van der Waals surface area contributed by atoms with Gasteiger partial charge in [-0.25, -0.2) is 0 Å². The van der Waals surface area contributed by atoms with E-state index in [1.54, 1.807) is 6.20 Å². The van der Waals surface area contributed by atoms with Gasteiger partial charge in [0.1, 0.15) is 5.82 Å². The van der Waals surface area contributed by atoms with Crippen molar-refractivity contribution in [3.8, 4) is 0 Å². The van der Waals surface area contributed by atoms with E-state index in [4.69, 9.17) is 11.6 Å². The number of rotatable bonds is 2. The third-order valence-corrected chi connectivity index (χ3v) is 3.51. The number of hydrogen-bond donors (Lipinski definition) is 2. The summed E-state index contributed by atoms with van der Waals surface area (Å²) in [5.41, 5.74) is 0.649. The predicted octanol–water partition coefficient (Wildman–Crippen LogP) is 1.21. The van der Waals surface area contributed by atoms with Crippen LogP contribution < -0.4 is 4.90 Å². The van der Waals surface area contributed by atoms with Crippen LogP contribution in [0.15, 0.2) is 6.20 Å². The van der Waals surface area contributed by atoms with Crippen molar-refractivity contribution in [3.63, 3.8) is 0 Å². The molecule has 1 aliphatic rings. The summed E-state index contributed by atoms with van der Waals surface area (Å²) >= 11 is 5.92. The number of fused-ring (bicyclic) bond motifs is 1. The summed E-state index contributed by atoms with van der Waals surface area (Å²) in [4.78, 5) is 10.5. The summed E-state index contributed by atoms with van der Waals surface area (Å²) in [6.07, 6.45) is 3.82. The smallest absolute Gasteiger partial charge is 0.226 e. The molecule has 0 radical (unpaired) electrons. The third-order valence-electron chi connectivity index (χ3n) is 3.34. The van der Waals surface area contributed by atoms with Crippen molar-refractivity contribution in [2.75, 3.05) is 24.6 Å². The van der Waals surface area contributed by atoms with Crippen LogP contribution in [0.25, 0.3) is 11.0 Å². The lowest BCUT2D eigenvalue weighted by Crippen LogP contribution is -2.37. The highest BCUT2D eigenvalue weighted by Crippen LogP contribution is 2.27. The Morgan fingerprint density at radius 2 is 2.39 bits per heavy atom. The van der Waals surface area contributed by atoms with Crippen LogP contribution in [0.4, 0.5) is 5.82 Å². The van der Waals surface area contributed by atoms with Crippen molar-refractivity contribution in [3.05, 3.63) is 11.5 Å². The summed E-state index contributed by atoms with van der Waals surface area (Å²) in [6.45, 7) is 1.93. The van der Waals surface area contributed by atoms with Crippen LogP contribution >= 0.6 is 11.6 Å². The lowest BCUT2D eigenvalue weighted by atomic mass is 9.99. The minimum Gasteiger partial charge on any atom is -0.396 e. The molecule has 7 heteroatoms. The van der Waals surface area contributed by atoms with E-state index < -0.39 is 0 Å². The Kier molecular flexibility index (Phi) is 3.05. The Balaban J connectivity index is 2.00. The molecule has 1 fully saturated rings. The van der Waals surface area contributed by atoms with Gasteiger partial charge in [-0.05, 0) is 30.4 Å². The van der Waals surface area contributed by atoms with Gasteiger partial charge in [-0.3, -0.25) is 5.10 Å². The third kappa shape index (κ3) is 2.02. The average molecular weight is 268 g/mol. The number of aromatic amines is 1. The highest BCUT2D eigenvalue weighted by molar-refractivity contribution is 6.28. The molecule has 1 aliphatic heterocycles. The normalized spacial score (nSPS) is 20.6. The van der Waals surface area contributed by atoms with E-state index in [1.165, 1.54) is 0 Å². The molecule has 0 saturated carbocycles. The fourth-order valence-corrected chi connectivity index (χ4v) is 2.61. The van der Waals surface area contributed by atoms with Gasteiger partial charge in [-0.1, -0.05) is 0 Å². The Hall–Kier alpha value is -1.40. The quantitative estimate of drug-likeness (QED) is 0.800. The Morgan fingerprint density at radius 1 is 1.50 bits per heavy atom. The van der Waals surface area contributed by atoms with Crippen LogP contribution in [0.2, 0.25) is 5.28 Å². The molecule has 2 N–H and O–H groups in total. The van der Waals surface area contributed by atoms with Crippen LogP contribution in [-0.4, -0.2) is 45.0 Å². The standard InChI is InChI=1S/C11H14ClN5O/c12-11-14-9-8(4-13-16-9)10(15-11)17-3-1-2-7(5-17)6-18/h4,7,18H,1-3,5-6H2,(H,13,14,15,16). The van der Waals surface area contributed by atoms with Gasteiger partial charge in [-0.2, -0.15) is 15.1 Å². The lowest BCUT2D eigenvalue weighted by Gasteiger charge is -2.32. The number of nitrogens with one attached hydrogen (secondary N) is 1. The predicted molar refractivity (Wildman–Crippen MR) is 68.7 cm³/mol. The maximum atomic E-state index is 9.28. The van der Waals surface area contributed by atoms with E-state index in [1.807, 2.05) is 0 Å². The second-order valence-electron chi connectivity index (χ2n) is 4.59. The molecule has 0 aromatic carbocycles. The fourth-order valence-electron chi connectivity index (χ4n) is 2.44. The van der Waals surface area contributed by atoms with Crippen molar-refractivity contribution in [1.29, 1.82) is 0 Å². The van der Waals surface area contributed by atoms with E-state index in [0.29, 0.717) is 11.6 Å². The first-order valence-electron chi connectivity index (χ1n) is 6.00. The molecule has 1 atom stereocenters. The van der Waals surface area contributed by atoms with E-state index in [9.17, 15) is 5.11 Å². The van der Waals surface area contributed by atoms with Crippen molar-refractivity contribution in [2.24, 2.45) is 5.92 Å². The maximum Gasteiger partial charge on any atom is 0.226 e. The van der Waals surface area contributed by atoms with E-state index in [-0.39, 0.29) is 11.9 Å². The Bertz CT molecular complexity index is 557. The number of halogens is 1. The largest absolute Gasteiger partial charge is 0.396 e. The first-order chi connectivity index (χ1) is 8.78. The lowest BCUT2D eigenvalue weighted by molar-refractivity contribution is 0.208. The molecule has 18 heavy (non-hydrogen) atoms. The number of aliphatic hydroxyl groups excluding tert-OH is 1. The molecule has 0 bridgehead atoms. The molecule has 3 rings (SSSR count). The summed E-state index contributed by atoms with van der Waals surface area (Å²) in [7, 11) is 0. The zero-order chi connectivity index (χ0) is 12.5. The van der Waals surface area contributed by atoms with Gasteiger partial charge in [0, 0.05) is 19.7 Å². The van der Waals surface area contributed by atoms with Crippen molar-refractivity contribution in [2.45, 2.75) is 12.8 Å². The molecule has 2 aromatic heterocycles. The fraction of sp³-hybridized carbons (Fsp3) is 0.545. The molecule has 96 valence electrons. The van der Waals surface area contributed by atoms with Crippen molar-refractivity contribution < 1.29 is 5.11 Å². The van der Waals surface area contributed by atoms with E-state index >= 15 is 0 Å². The first-order valence-corrected chi connectivity index (χ1v) is 6.38. The average Bonchev–Trinajstić information content (AvgIpc) is 2.85. The minimum atomic E-state index is 0.212. The molecule has 0 amide bonds. The van der Waals surface area contributed by atoms with Gasteiger partial charge in [0.2, 0.25) is 5.28 Å². The molecular formula is C11H14ClN5O. The van der Waals surface area contributed by atoms with Gasteiger partial charge < -0.3 is 10.0 Å². The number of H-pyrrole nitrogens is 1. The summed E-state index contributed by atoms with van der Waals surface area (Å²) in [5, 5.41) is 17.1. The van der Waals surface area contributed by atoms with Crippen molar-refractivity contribution >= 4 is 28.5 Å². The van der Waals surface area contributed by atoms with Crippen LogP contribution in [-0.2, 0) is 0 Å². The highest BCUT2D eigenvalue weighted by Gasteiger charge is 2.23. The van der Waals surface area contributed by atoms with Gasteiger partial charge in [-0.15, -0.1) is 0 Å². The number of aromatic nitrogens is 4. The van der Waals surface area contributed by atoms with Gasteiger partial charge >= 0.3 is 0 Å². The van der Waals surface area contributed by atoms with Gasteiger partial charge in [0.15, 0.2) is 5.65 Å². The topological polar surface area (TPSA) is 77.9 Å². The van der Waals surface area contributed by atoms with E-state index in [2.05, 4.69) is 25.1 Å². The zero-order valence-electron chi connectivity index (χ0n) is 9.80. The number of piperidine rings is 1. The molecule has 0 aliphatic carbocycles. The molecule has 6 nitrogen and oxygen atoms in total. The first kappa shape index (κ1) is 11.7. The Morgan fingerprint density at radius 3 is 3.22 bits per heavy atom. The highest BCUT2D eigenvalue weighted by atomic mass is 35.5. The van der Waals surface area contributed by atoms with Crippen molar-refractivity contribution in [1.82, 2.24) is 20.2 Å². The van der Waals surface area contributed by atoms with Gasteiger partial charge in [0.05, 0.1) is 11.6 Å². The number of anilines is 1. The van der Waals surface area contributed by atoms with Crippen LogP contribution in [0.1, 0.15) is 12.8 Å². The molecule has 0 spiro atoms. The molecule has 2 aromatic rings. The number of hydrogen-bond acceptors (Lipinski definition) is 5. The molecule has 1 saturated heterocycles. The summed E-state index contributed by atoms with van der Waals surface area (Å²) in [5.74, 6) is 1.10. The number of aliphatic hydroxyl groups is 1. The zero-order valence-corrected chi connectivity index (χ0v) is 10.6. The van der Waals surface area contributed by atoms with Crippen LogP contribution in [0, 0.1) is 5.92 Å². The summed E-state index contributed by atoms with van der Waals surface area (Å²) in [6, 6.07) is 0. The second kappa shape index (κ2) is 4.70. The second-order valence-corrected chi connectivity index (χ2v) is 4.92. The molecular weight excluding hydrogens is 254 g/mol. The van der Waals surface area contributed by atoms with Crippen LogP contribution in [0.5, 0.6) is 0 Å². The van der Waals surface area contributed by atoms with E-state index in [0.717, 1.165) is 37.1 Å². The molecule has 3 heterocycles. The monoisotopic (exact) mass is 267 g/mol. The van der Waals surface area contributed by atoms with Crippen LogP contribution in [0.3, 0.4) is 0 Å². The SMILES string of the molecule is OCC1CCCN(c2nc(Cl)nc3[nH]ncc23)C1. The molecule has 1 unspecified atom stereocenters. The number of nitrogens with zero attached hydrogens (tertiary/aromatic N) is 4. The maximum absolute atomic E-state index is 9.28. The van der Waals surface area contributed by atoms with Gasteiger partial charge in [0.25, 0.3) is 0 Å². The summed E-state index contributed by atoms with van der Waals surface area (Å²) < 4.78 is 0.